The van der Waals surface area contributed by atoms with Crippen LogP contribution < -0.4 is 5.32 Å². The molecule has 6 nitrogen and oxygen atoms in total. The van der Waals surface area contributed by atoms with Crippen molar-refractivity contribution in [2.24, 2.45) is 7.05 Å². The van der Waals surface area contributed by atoms with E-state index in [2.05, 4.69) is 15.4 Å². The van der Waals surface area contributed by atoms with Crippen LogP contribution >= 0.6 is 34.7 Å². The van der Waals surface area contributed by atoms with E-state index in [4.69, 9.17) is 11.6 Å². The molecule has 21 heavy (non-hydrogen) atoms. The van der Waals surface area contributed by atoms with Crippen molar-refractivity contribution in [2.45, 2.75) is 5.25 Å². The number of amides is 1. The van der Waals surface area contributed by atoms with E-state index < -0.39 is 0 Å². The Morgan fingerprint density at radius 3 is 3.24 bits per heavy atom. The molecule has 1 N–H and O–H groups in total. The number of hydrogen-bond acceptors (Lipinski definition) is 5. The van der Waals surface area contributed by atoms with Gasteiger partial charge in [-0.3, -0.25) is 13.9 Å². The van der Waals surface area contributed by atoms with E-state index in [1.165, 1.54) is 23.1 Å². The highest BCUT2D eigenvalue weighted by Crippen LogP contribution is 2.44. The van der Waals surface area contributed by atoms with Crippen molar-refractivity contribution in [3.05, 3.63) is 34.2 Å². The summed E-state index contributed by atoms with van der Waals surface area (Å²) in [6, 6.07) is 0. The summed E-state index contributed by atoms with van der Waals surface area (Å²) in [5.74, 6) is 1.05. The Morgan fingerprint density at radius 1 is 1.52 bits per heavy atom. The Bertz CT molecular complexity index is 851. The van der Waals surface area contributed by atoms with Crippen molar-refractivity contribution < 1.29 is 4.79 Å². The van der Waals surface area contributed by atoms with E-state index in [-0.39, 0.29) is 11.2 Å². The third kappa shape index (κ3) is 1.97. The number of thioether (sulfide) groups is 1. The number of carbonyl (C=O) groups is 1. The molecule has 0 unspecified atom stereocenters. The van der Waals surface area contributed by atoms with Crippen LogP contribution in [0.1, 0.15) is 16.5 Å². The Labute approximate surface area is 133 Å². The number of rotatable bonds is 1. The third-order valence-electron chi connectivity index (χ3n) is 3.39. The molecule has 1 atom stereocenters. The minimum Gasteiger partial charge on any atom is -0.310 e. The Morgan fingerprint density at radius 2 is 2.38 bits per heavy atom. The van der Waals surface area contributed by atoms with Crippen molar-refractivity contribution in [3.63, 3.8) is 0 Å². The molecule has 9 heteroatoms. The van der Waals surface area contributed by atoms with Gasteiger partial charge in [-0.05, 0) is 0 Å². The first-order valence-electron chi connectivity index (χ1n) is 6.19. The number of nitrogens with one attached hydrogen (secondary N) is 1. The van der Waals surface area contributed by atoms with Crippen molar-refractivity contribution in [2.75, 3.05) is 11.1 Å². The first-order chi connectivity index (χ1) is 10.1. The van der Waals surface area contributed by atoms with Gasteiger partial charge < -0.3 is 5.32 Å². The second-order valence-electron chi connectivity index (χ2n) is 4.65. The fourth-order valence-electron chi connectivity index (χ4n) is 2.45. The topological polar surface area (TPSA) is 64.2 Å². The molecule has 4 rings (SSSR count). The van der Waals surface area contributed by atoms with Crippen LogP contribution in [0.2, 0.25) is 5.15 Å². The van der Waals surface area contributed by atoms with E-state index in [1.54, 1.807) is 10.9 Å². The van der Waals surface area contributed by atoms with Crippen molar-refractivity contribution in [1.29, 1.82) is 0 Å². The van der Waals surface area contributed by atoms with E-state index >= 15 is 0 Å². The van der Waals surface area contributed by atoms with Crippen LogP contribution in [0, 0.1) is 0 Å². The van der Waals surface area contributed by atoms with Crippen molar-refractivity contribution >= 4 is 51.4 Å². The molecule has 0 aliphatic carbocycles. The van der Waals surface area contributed by atoms with E-state index in [0.29, 0.717) is 10.9 Å². The molecule has 0 fully saturated rings. The standard InChI is InChI=1S/C12H10ClN5OS2/c1-17-11-6(4-14-17)9(21-5-7(19)15-11)8-10(13)16-12-18(8)2-3-20-12/h2-4,9H,5H2,1H3,(H,15,19)/t9-/m0/s1. The molecule has 4 heterocycles. The van der Waals surface area contributed by atoms with Crippen LogP contribution in [-0.2, 0) is 11.8 Å². The molecule has 1 aliphatic heterocycles. The lowest BCUT2D eigenvalue weighted by molar-refractivity contribution is -0.113. The zero-order valence-electron chi connectivity index (χ0n) is 10.9. The predicted octanol–water partition coefficient (Wildman–Crippen LogP) is 2.56. The van der Waals surface area contributed by atoms with Crippen molar-refractivity contribution in [3.8, 4) is 0 Å². The number of aryl methyl sites for hydroxylation is 1. The van der Waals surface area contributed by atoms with Crippen LogP contribution in [0.5, 0.6) is 0 Å². The molecule has 1 aliphatic rings. The van der Waals surface area contributed by atoms with Gasteiger partial charge in [-0.1, -0.05) is 11.6 Å². The largest absolute Gasteiger partial charge is 0.310 e. The Kier molecular flexibility index (Phi) is 2.98. The van der Waals surface area contributed by atoms with Gasteiger partial charge in [-0.25, -0.2) is 4.98 Å². The highest BCUT2D eigenvalue weighted by molar-refractivity contribution is 8.00. The number of imidazole rings is 1. The molecule has 3 aromatic heterocycles. The van der Waals surface area contributed by atoms with Gasteiger partial charge in [0.05, 0.1) is 22.9 Å². The monoisotopic (exact) mass is 339 g/mol. The summed E-state index contributed by atoms with van der Waals surface area (Å²) < 4.78 is 3.66. The van der Waals surface area contributed by atoms with Gasteiger partial charge in [-0.15, -0.1) is 23.1 Å². The number of fused-ring (bicyclic) bond motifs is 2. The second-order valence-corrected chi connectivity index (χ2v) is 6.98. The van der Waals surface area contributed by atoms with Crippen LogP contribution in [0.3, 0.4) is 0 Å². The maximum atomic E-state index is 11.9. The highest BCUT2D eigenvalue weighted by Gasteiger charge is 2.31. The number of nitrogens with zero attached hydrogens (tertiary/aromatic N) is 4. The number of anilines is 1. The van der Waals surface area contributed by atoms with Crippen LogP contribution in [0.4, 0.5) is 5.82 Å². The van der Waals surface area contributed by atoms with Crippen molar-refractivity contribution in [1.82, 2.24) is 19.2 Å². The number of carbonyl (C=O) groups excluding carboxylic acids is 1. The summed E-state index contributed by atoms with van der Waals surface area (Å²) in [7, 11) is 1.81. The molecule has 1 amide bonds. The Balaban J connectivity index is 1.93. The number of aromatic nitrogens is 4. The molecule has 0 aromatic carbocycles. The zero-order chi connectivity index (χ0) is 14.6. The fourth-order valence-corrected chi connectivity index (χ4v) is 4.70. The third-order valence-corrected chi connectivity index (χ3v) is 5.67. The van der Waals surface area contributed by atoms with Gasteiger partial charge in [0.2, 0.25) is 5.91 Å². The van der Waals surface area contributed by atoms with E-state index in [1.807, 2.05) is 23.0 Å². The summed E-state index contributed by atoms with van der Waals surface area (Å²) in [4.78, 5) is 17.1. The van der Waals surface area contributed by atoms with Gasteiger partial charge in [0.25, 0.3) is 0 Å². The summed E-state index contributed by atoms with van der Waals surface area (Å²) in [5, 5.41) is 9.51. The van der Waals surface area contributed by atoms with Gasteiger partial charge >= 0.3 is 0 Å². The lowest BCUT2D eigenvalue weighted by atomic mass is 10.2. The quantitative estimate of drug-likeness (QED) is 0.740. The molecule has 0 bridgehead atoms. The molecule has 108 valence electrons. The molecular weight excluding hydrogens is 330 g/mol. The molecule has 3 aromatic rings. The lowest BCUT2D eigenvalue weighted by Crippen LogP contribution is -2.15. The SMILES string of the molecule is Cn1ncc2c1NC(=O)CS[C@@H]2c1c(Cl)nc2sccn12. The average molecular weight is 340 g/mol. The van der Waals surface area contributed by atoms with Gasteiger partial charge in [0.15, 0.2) is 10.1 Å². The highest BCUT2D eigenvalue weighted by atomic mass is 35.5. The first kappa shape index (κ1) is 13.2. The van der Waals surface area contributed by atoms with Gasteiger partial charge in [0.1, 0.15) is 5.82 Å². The van der Waals surface area contributed by atoms with Gasteiger partial charge in [-0.2, -0.15) is 5.10 Å². The summed E-state index contributed by atoms with van der Waals surface area (Å²) in [6.45, 7) is 0. The molecule has 0 radical (unpaired) electrons. The average Bonchev–Trinajstić information content (AvgIpc) is 3.06. The number of hydrogen-bond donors (Lipinski definition) is 1. The second kappa shape index (κ2) is 4.75. The maximum Gasteiger partial charge on any atom is 0.235 e. The minimum atomic E-state index is -0.0789. The first-order valence-corrected chi connectivity index (χ1v) is 8.50. The zero-order valence-corrected chi connectivity index (χ0v) is 13.3. The smallest absolute Gasteiger partial charge is 0.235 e. The van der Waals surface area contributed by atoms with Crippen LogP contribution in [0.15, 0.2) is 17.8 Å². The molecular formula is C12H10ClN5OS2. The van der Waals surface area contributed by atoms with Crippen LogP contribution in [-0.4, -0.2) is 30.8 Å². The maximum absolute atomic E-state index is 11.9. The summed E-state index contributed by atoms with van der Waals surface area (Å²) in [6.07, 6.45) is 3.73. The molecule has 0 spiro atoms. The number of thiazole rings is 1. The molecule has 0 saturated heterocycles. The van der Waals surface area contributed by atoms with Crippen LogP contribution in [0.25, 0.3) is 4.96 Å². The summed E-state index contributed by atoms with van der Waals surface area (Å²) >= 11 is 9.40. The van der Waals surface area contributed by atoms with E-state index in [9.17, 15) is 4.79 Å². The Hall–Kier alpha value is -1.51. The summed E-state index contributed by atoms with van der Waals surface area (Å²) in [5.41, 5.74) is 1.84. The van der Waals surface area contributed by atoms with E-state index in [0.717, 1.165) is 22.0 Å². The normalized spacial score (nSPS) is 18.6. The fraction of sp³-hybridized carbons (Fsp3) is 0.250. The minimum absolute atomic E-state index is 0.0328. The molecule has 0 saturated carbocycles. The van der Waals surface area contributed by atoms with Gasteiger partial charge in [0, 0.05) is 24.2 Å². The lowest BCUT2D eigenvalue weighted by Gasteiger charge is -2.13. The predicted molar refractivity (Wildman–Crippen MR) is 84.2 cm³/mol. The number of halogens is 1.